The van der Waals surface area contributed by atoms with Gasteiger partial charge in [-0.1, -0.05) is 32.9 Å². The molecule has 148 valence electrons. The Hall–Kier alpha value is -2.41. The van der Waals surface area contributed by atoms with Crippen LogP contribution in [0.1, 0.15) is 43.6 Å². The Morgan fingerprint density at radius 3 is 2.30 bits per heavy atom. The van der Waals surface area contributed by atoms with E-state index in [0.717, 1.165) is 5.56 Å². The summed E-state index contributed by atoms with van der Waals surface area (Å²) >= 11 is 0. The van der Waals surface area contributed by atoms with Gasteiger partial charge in [-0.25, -0.2) is 4.79 Å². The van der Waals surface area contributed by atoms with Crippen LogP contribution in [0.3, 0.4) is 0 Å². The van der Waals surface area contributed by atoms with Gasteiger partial charge in [-0.3, -0.25) is 9.59 Å². The van der Waals surface area contributed by atoms with E-state index in [1.807, 2.05) is 12.1 Å². The highest BCUT2D eigenvalue weighted by molar-refractivity contribution is 5.96. The summed E-state index contributed by atoms with van der Waals surface area (Å²) in [6.45, 7) is 9.44. The van der Waals surface area contributed by atoms with Crippen LogP contribution in [-0.2, 0) is 24.5 Å². The van der Waals surface area contributed by atoms with E-state index in [-0.39, 0.29) is 23.8 Å². The number of esters is 1. The van der Waals surface area contributed by atoms with E-state index in [4.69, 9.17) is 9.47 Å². The van der Waals surface area contributed by atoms with Gasteiger partial charge in [0.05, 0.1) is 13.2 Å². The first-order chi connectivity index (χ1) is 12.7. The minimum atomic E-state index is -0.850. The monoisotopic (exact) mass is 376 g/mol. The zero-order valence-electron chi connectivity index (χ0n) is 16.4. The number of ether oxygens (including phenoxy) is 2. The first kappa shape index (κ1) is 20.9. The van der Waals surface area contributed by atoms with Crippen molar-refractivity contribution < 1.29 is 23.9 Å². The van der Waals surface area contributed by atoms with Gasteiger partial charge in [-0.05, 0) is 30.0 Å². The summed E-state index contributed by atoms with van der Waals surface area (Å²) in [4.78, 5) is 37.9. The minimum Gasteiger partial charge on any atom is -0.454 e. The summed E-state index contributed by atoms with van der Waals surface area (Å²) in [5.74, 6) is -1.27. The van der Waals surface area contributed by atoms with Crippen molar-refractivity contribution in [1.82, 2.24) is 10.2 Å². The highest BCUT2D eigenvalue weighted by Gasteiger charge is 2.22. The molecule has 1 heterocycles. The van der Waals surface area contributed by atoms with Gasteiger partial charge >= 0.3 is 5.97 Å². The lowest BCUT2D eigenvalue weighted by Crippen LogP contribution is -2.44. The molecule has 1 aromatic rings. The van der Waals surface area contributed by atoms with Gasteiger partial charge < -0.3 is 19.7 Å². The Morgan fingerprint density at radius 2 is 1.74 bits per heavy atom. The minimum absolute atomic E-state index is 0.000870. The van der Waals surface area contributed by atoms with E-state index in [2.05, 4.69) is 26.1 Å². The van der Waals surface area contributed by atoms with Crippen LogP contribution < -0.4 is 5.32 Å². The van der Waals surface area contributed by atoms with E-state index in [1.54, 1.807) is 17.0 Å². The summed E-state index contributed by atoms with van der Waals surface area (Å²) in [5, 5.41) is 2.60. The van der Waals surface area contributed by atoms with Gasteiger partial charge in [0.25, 0.3) is 11.8 Å². The molecule has 1 aromatic carbocycles. The highest BCUT2D eigenvalue weighted by Crippen LogP contribution is 2.22. The molecule has 0 unspecified atom stereocenters. The topological polar surface area (TPSA) is 84.9 Å². The Morgan fingerprint density at radius 1 is 1.15 bits per heavy atom. The Kier molecular flexibility index (Phi) is 6.96. The first-order valence-electron chi connectivity index (χ1n) is 9.12. The van der Waals surface area contributed by atoms with E-state index in [9.17, 15) is 14.4 Å². The lowest BCUT2D eigenvalue weighted by atomic mass is 9.86. The first-order valence-corrected chi connectivity index (χ1v) is 9.12. The van der Waals surface area contributed by atoms with Crippen molar-refractivity contribution in [1.29, 1.82) is 0 Å². The standard InChI is InChI=1S/C20H28N2O5/c1-14(19(25)27-13-17(23)22-9-11-26-12-10-22)21-18(24)15-5-7-16(8-6-15)20(2,3)4/h5-8,14H,9-13H2,1-4H3,(H,21,24)/t14-/m0/s1. The number of rotatable bonds is 5. The summed E-state index contributed by atoms with van der Waals surface area (Å²) in [6.07, 6.45) is 0. The van der Waals surface area contributed by atoms with Crippen LogP contribution in [0, 0.1) is 0 Å². The van der Waals surface area contributed by atoms with Gasteiger partial charge in [0, 0.05) is 18.7 Å². The Labute approximate surface area is 160 Å². The zero-order valence-corrected chi connectivity index (χ0v) is 16.4. The zero-order chi connectivity index (χ0) is 20.0. The molecule has 1 saturated heterocycles. The fraction of sp³-hybridized carbons (Fsp3) is 0.550. The molecule has 0 spiro atoms. The fourth-order valence-electron chi connectivity index (χ4n) is 2.62. The molecule has 0 aliphatic carbocycles. The van der Waals surface area contributed by atoms with E-state index >= 15 is 0 Å². The lowest BCUT2D eigenvalue weighted by molar-refractivity contribution is -0.154. The van der Waals surface area contributed by atoms with E-state index in [1.165, 1.54) is 6.92 Å². The molecule has 0 radical (unpaired) electrons. The second-order valence-corrected chi connectivity index (χ2v) is 7.62. The maximum absolute atomic E-state index is 12.3. The number of morpholine rings is 1. The largest absolute Gasteiger partial charge is 0.454 e. The van der Waals surface area contributed by atoms with Crippen LogP contribution in [0.4, 0.5) is 0 Å². The molecule has 27 heavy (non-hydrogen) atoms. The third-order valence-electron chi connectivity index (χ3n) is 4.42. The maximum atomic E-state index is 12.3. The number of hydrogen-bond donors (Lipinski definition) is 1. The predicted octanol–water partition coefficient (Wildman–Crippen LogP) is 1.50. The normalized spacial score (nSPS) is 15.8. The molecule has 1 atom stereocenters. The van der Waals surface area contributed by atoms with E-state index < -0.39 is 12.0 Å². The van der Waals surface area contributed by atoms with Crippen molar-refractivity contribution in [2.75, 3.05) is 32.9 Å². The lowest BCUT2D eigenvalue weighted by Gasteiger charge is -2.26. The quantitative estimate of drug-likeness (QED) is 0.788. The molecule has 1 fully saturated rings. The molecule has 0 bridgehead atoms. The van der Waals surface area contributed by atoms with Crippen molar-refractivity contribution in [3.63, 3.8) is 0 Å². The molecule has 2 amide bonds. The Balaban J connectivity index is 1.82. The van der Waals surface area contributed by atoms with Crippen molar-refractivity contribution >= 4 is 17.8 Å². The van der Waals surface area contributed by atoms with E-state index in [0.29, 0.717) is 31.9 Å². The second-order valence-electron chi connectivity index (χ2n) is 7.62. The third kappa shape index (κ3) is 6.06. The number of carbonyl (C=O) groups is 3. The summed E-state index contributed by atoms with van der Waals surface area (Å²) in [5.41, 5.74) is 1.58. The molecule has 1 aliphatic rings. The third-order valence-corrected chi connectivity index (χ3v) is 4.42. The van der Waals surface area contributed by atoms with Crippen LogP contribution in [-0.4, -0.2) is 61.6 Å². The summed E-state index contributed by atoms with van der Waals surface area (Å²) in [7, 11) is 0. The maximum Gasteiger partial charge on any atom is 0.328 e. The van der Waals surface area contributed by atoms with Crippen LogP contribution in [0.15, 0.2) is 24.3 Å². The summed E-state index contributed by atoms with van der Waals surface area (Å²) < 4.78 is 10.2. The van der Waals surface area contributed by atoms with Gasteiger partial charge in [0.2, 0.25) is 0 Å². The number of nitrogens with one attached hydrogen (secondary N) is 1. The second kappa shape index (κ2) is 8.99. The molecule has 1 N–H and O–H groups in total. The van der Waals surface area contributed by atoms with Crippen molar-refractivity contribution in [3.05, 3.63) is 35.4 Å². The SMILES string of the molecule is C[C@H](NC(=O)c1ccc(C(C)(C)C)cc1)C(=O)OCC(=O)N1CCOCC1. The predicted molar refractivity (Wildman–Crippen MR) is 100 cm³/mol. The fourth-order valence-corrected chi connectivity index (χ4v) is 2.62. The molecule has 7 heteroatoms. The smallest absolute Gasteiger partial charge is 0.328 e. The number of carbonyl (C=O) groups excluding carboxylic acids is 3. The van der Waals surface area contributed by atoms with Gasteiger partial charge in [0.1, 0.15) is 6.04 Å². The van der Waals surface area contributed by atoms with Gasteiger partial charge in [-0.15, -0.1) is 0 Å². The van der Waals surface area contributed by atoms with Crippen molar-refractivity contribution in [3.8, 4) is 0 Å². The number of nitrogens with zero attached hydrogens (tertiary/aromatic N) is 1. The number of benzene rings is 1. The van der Waals surface area contributed by atoms with Crippen LogP contribution in [0.5, 0.6) is 0 Å². The molecular formula is C20H28N2O5. The number of amides is 2. The molecule has 7 nitrogen and oxygen atoms in total. The Bertz CT molecular complexity index is 673. The molecule has 0 saturated carbocycles. The molecular weight excluding hydrogens is 348 g/mol. The summed E-state index contributed by atoms with van der Waals surface area (Å²) in [6, 6.07) is 6.42. The van der Waals surface area contributed by atoms with Crippen LogP contribution in [0.2, 0.25) is 0 Å². The van der Waals surface area contributed by atoms with Crippen molar-refractivity contribution in [2.24, 2.45) is 0 Å². The highest BCUT2D eigenvalue weighted by atomic mass is 16.5. The molecule has 1 aliphatic heterocycles. The van der Waals surface area contributed by atoms with Gasteiger partial charge in [0.15, 0.2) is 6.61 Å². The molecule has 2 rings (SSSR count). The van der Waals surface area contributed by atoms with Crippen LogP contribution in [0.25, 0.3) is 0 Å². The average Bonchev–Trinajstić information content (AvgIpc) is 2.65. The molecule has 0 aromatic heterocycles. The van der Waals surface area contributed by atoms with Gasteiger partial charge in [-0.2, -0.15) is 0 Å². The average molecular weight is 376 g/mol. The van der Waals surface area contributed by atoms with Crippen LogP contribution >= 0.6 is 0 Å². The number of hydrogen-bond acceptors (Lipinski definition) is 5. The van der Waals surface area contributed by atoms with Crippen molar-refractivity contribution in [2.45, 2.75) is 39.2 Å².